The van der Waals surface area contributed by atoms with Gasteiger partial charge < -0.3 is 10.4 Å². The Morgan fingerprint density at radius 2 is 2.14 bits per heavy atom. The average molecular weight is 370 g/mol. The number of amides is 1. The quantitative estimate of drug-likeness (QED) is 0.789. The smallest absolute Gasteiger partial charge is 0.325 e. The van der Waals surface area contributed by atoms with Gasteiger partial charge >= 0.3 is 5.97 Å². The van der Waals surface area contributed by atoms with Gasteiger partial charge in [-0.05, 0) is 29.8 Å². The average Bonchev–Trinajstić information content (AvgIpc) is 3.00. The summed E-state index contributed by atoms with van der Waals surface area (Å²) in [5.41, 5.74) is 2.23. The van der Waals surface area contributed by atoms with Crippen molar-refractivity contribution in [1.82, 2.24) is 24.9 Å². The van der Waals surface area contributed by atoms with Crippen LogP contribution in [-0.2, 0) is 17.9 Å². The molecule has 0 atom stereocenters. The van der Waals surface area contributed by atoms with Gasteiger partial charge in [-0.1, -0.05) is 0 Å². The molecular formula is C13H16BrN5O3. The molecule has 9 heteroatoms. The van der Waals surface area contributed by atoms with E-state index in [9.17, 15) is 9.59 Å². The first-order valence-electron chi connectivity index (χ1n) is 6.60. The highest BCUT2D eigenvalue weighted by atomic mass is 79.9. The Bertz CT molecular complexity index is 707. The second-order valence-electron chi connectivity index (χ2n) is 4.78. The van der Waals surface area contributed by atoms with E-state index in [2.05, 4.69) is 31.4 Å². The van der Waals surface area contributed by atoms with E-state index in [0.29, 0.717) is 18.7 Å². The molecule has 2 aromatic rings. The molecule has 2 N–H and O–H groups in total. The molecule has 1 amide bonds. The number of hydrogen-bond acceptors (Lipinski definition) is 4. The number of carboxylic acid groups (broad SMARTS) is 1. The lowest BCUT2D eigenvalue weighted by molar-refractivity contribution is -0.137. The molecule has 0 saturated heterocycles. The highest BCUT2D eigenvalue weighted by molar-refractivity contribution is 9.10. The fraction of sp³-hybridized carbons (Fsp3) is 0.385. The molecule has 0 fully saturated rings. The van der Waals surface area contributed by atoms with Crippen LogP contribution in [0.4, 0.5) is 0 Å². The van der Waals surface area contributed by atoms with Gasteiger partial charge in [0, 0.05) is 18.4 Å². The zero-order valence-electron chi connectivity index (χ0n) is 12.2. The van der Waals surface area contributed by atoms with Gasteiger partial charge in [0.15, 0.2) is 0 Å². The van der Waals surface area contributed by atoms with E-state index in [1.165, 1.54) is 17.1 Å². The lowest BCUT2D eigenvalue weighted by Gasteiger charge is -2.06. The summed E-state index contributed by atoms with van der Waals surface area (Å²) in [5.74, 6) is -1.30. The van der Waals surface area contributed by atoms with Crippen molar-refractivity contribution in [2.24, 2.45) is 0 Å². The number of aryl methyl sites for hydroxylation is 1. The molecule has 0 unspecified atom stereocenters. The summed E-state index contributed by atoms with van der Waals surface area (Å²) in [6.07, 6.45) is 2.75. The summed E-state index contributed by atoms with van der Waals surface area (Å²) in [5, 5.41) is 19.6. The Hall–Kier alpha value is -2.16. The number of carbonyl (C=O) groups is 2. The topological polar surface area (TPSA) is 102 Å². The summed E-state index contributed by atoms with van der Waals surface area (Å²) < 4.78 is 3.98. The summed E-state index contributed by atoms with van der Waals surface area (Å²) in [6.45, 7) is 4.54. The third kappa shape index (κ3) is 3.73. The highest BCUT2D eigenvalue weighted by Crippen LogP contribution is 2.19. The Morgan fingerprint density at radius 3 is 2.73 bits per heavy atom. The highest BCUT2D eigenvalue weighted by Gasteiger charge is 2.11. The van der Waals surface area contributed by atoms with E-state index in [1.807, 2.05) is 18.5 Å². The summed E-state index contributed by atoms with van der Waals surface area (Å²) in [7, 11) is 0. The molecular weight excluding hydrogens is 354 g/mol. The van der Waals surface area contributed by atoms with E-state index in [-0.39, 0.29) is 12.5 Å². The first kappa shape index (κ1) is 16.2. The SMILES string of the molecule is Cc1nn(CCNC(=O)c2cnn(CC(=O)O)c2)c(C)c1Br. The zero-order chi connectivity index (χ0) is 16.3. The van der Waals surface area contributed by atoms with Gasteiger partial charge in [0.2, 0.25) is 0 Å². The van der Waals surface area contributed by atoms with Gasteiger partial charge in [0.05, 0.1) is 28.5 Å². The molecule has 22 heavy (non-hydrogen) atoms. The number of rotatable bonds is 6. The van der Waals surface area contributed by atoms with Crippen molar-refractivity contribution in [3.05, 3.63) is 33.8 Å². The second kappa shape index (κ2) is 6.73. The Kier molecular flexibility index (Phi) is 4.96. The second-order valence-corrected chi connectivity index (χ2v) is 5.58. The molecule has 0 radical (unpaired) electrons. The first-order valence-corrected chi connectivity index (χ1v) is 7.39. The van der Waals surface area contributed by atoms with Crippen molar-refractivity contribution in [3.8, 4) is 0 Å². The van der Waals surface area contributed by atoms with Crippen molar-refractivity contribution in [3.63, 3.8) is 0 Å². The predicted molar refractivity (Wildman–Crippen MR) is 81.6 cm³/mol. The number of nitrogens with zero attached hydrogens (tertiary/aromatic N) is 4. The minimum absolute atomic E-state index is 0.271. The Labute approximate surface area is 135 Å². The van der Waals surface area contributed by atoms with Crippen LogP contribution in [0.2, 0.25) is 0 Å². The number of hydrogen-bond donors (Lipinski definition) is 2. The standard InChI is InChI=1S/C13H16BrN5O3/c1-8-12(14)9(2)19(17-8)4-3-15-13(22)10-5-16-18(6-10)7-11(20)21/h5-6H,3-4,7H2,1-2H3,(H,15,22)(H,20,21). The number of carbonyl (C=O) groups excluding carboxylic acids is 1. The van der Waals surface area contributed by atoms with Crippen LogP contribution in [-0.4, -0.2) is 43.1 Å². The predicted octanol–water partition coefficient (Wildman–Crippen LogP) is 0.974. The van der Waals surface area contributed by atoms with E-state index in [1.54, 1.807) is 0 Å². The molecule has 0 aliphatic carbocycles. The molecule has 0 bridgehead atoms. The van der Waals surface area contributed by atoms with Gasteiger partial charge in [-0.3, -0.25) is 19.0 Å². The Morgan fingerprint density at radius 1 is 1.41 bits per heavy atom. The van der Waals surface area contributed by atoms with Gasteiger partial charge in [0.1, 0.15) is 6.54 Å². The van der Waals surface area contributed by atoms with Crippen LogP contribution < -0.4 is 5.32 Å². The minimum atomic E-state index is -1.01. The molecule has 2 rings (SSSR count). The van der Waals surface area contributed by atoms with Gasteiger partial charge in [-0.25, -0.2) is 0 Å². The molecule has 0 aliphatic heterocycles. The maximum Gasteiger partial charge on any atom is 0.325 e. The molecule has 2 heterocycles. The third-order valence-electron chi connectivity index (χ3n) is 3.10. The molecule has 0 spiro atoms. The monoisotopic (exact) mass is 369 g/mol. The number of nitrogens with one attached hydrogen (secondary N) is 1. The van der Waals surface area contributed by atoms with Crippen molar-refractivity contribution in [2.45, 2.75) is 26.9 Å². The summed E-state index contributed by atoms with van der Waals surface area (Å²) >= 11 is 3.45. The minimum Gasteiger partial charge on any atom is -0.480 e. The lowest BCUT2D eigenvalue weighted by Crippen LogP contribution is -2.27. The van der Waals surface area contributed by atoms with Crippen LogP contribution >= 0.6 is 15.9 Å². The van der Waals surface area contributed by atoms with Gasteiger partial charge in [0.25, 0.3) is 5.91 Å². The number of aliphatic carboxylic acids is 1. The molecule has 8 nitrogen and oxygen atoms in total. The Balaban J connectivity index is 1.88. The van der Waals surface area contributed by atoms with Crippen LogP contribution in [0.5, 0.6) is 0 Å². The van der Waals surface area contributed by atoms with Crippen molar-refractivity contribution < 1.29 is 14.7 Å². The number of halogens is 1. The number of carboxylic acids is 1. The van der Waals surface area contributed by atoms with E-state index in [0.717, 1.165) is 15.9 Å². The van der Waals surface area contributed by atoms with Crippen molar-refractivity contribution >= 4 is 27.8 Å². The summed E-state index contributed by atoms with van der Waals surface area (Å²) in [6, 6.07) is 0. The van der Waals surface area contributed by atoms with E-state index < -0.39 is 5.97 Å². The molecule has 0 aromatic carbocycles. The number of aromatic nitrogens is 4. The van der Waals surface area contributed by atoms with Crippen LogP contribution in [0.1, 0.15) is 21.7 Å². The van der Waals surface area contributed by atoms with Gasteiger partial charge in [-0.15, -0.1) is 0 Å². The maximum absolute atomic E-state index is 11.9. The van der Waals surface area contributed by atoms with Crippen LogP contribution in [0.15, 0.2) is 16.9 Å². The van der Waals surface area contributed by atoms with Crippen LogP contribution in [0.3, 0.4) is 0 Å². The lowest BCUT2D eigenvalue weighted by atomic mass is 10.3. The van der Waals surface area contributed by atoms with Crippen molar-refractivity contribution in [2.75, 3.05) is 6.54 Å². The normalized spacial score (nSPS) is 10.7. The molecule has 0 aliphatic rings. The zero-order valence-corrected chi connectivity index (χ0v) is 13.8. The summed E-state index contributed by atoms with van der Waals surface area (Å²) in [4.78, 5) is 22.5. The van der Waals surface area contributed by atoms with E-state index in [4.69, 9.17) is 5.11 Å². The fourth-order valence-electron chi connectivity index (χ4n) is 1.98. The molecule has 2 aromatic heterocycles. The molecule has 0 saturated carbocycles. The fourth-order valence-corrected chi connectivity index (χ4v) is 2.26. The largest absolute Gasteiger partial charge is 0.480 e. The van der Waals surface area contributed by atoms with Crippen molar-refractivity contribution in [1.29, 1.82) is 0 Å². The van der Waals surface area contributed by atoms with Crippen LogP contribution in [0.25, 0.3) is 0 Å². The first-order chi connectivity index (χ1) is 10.4. The van der Waals surface area contributed by atoms with Gasteiger partial charge in [-0.2, -0.15) is 10.2 Å². The van der Waals surface area contributed by atoms with Crippen LogP contribution in [0, 0.1) is 13.8 Å². The maximum atomic E-state index is 11.9. The third-order valence-corrected chi connectivity index (χ3v) is 4.24. The van der Waals surface area contributed by atoms with E-state index >= 15 is 0 Å². The molecule has 118 valence electrons.